The van der Waals surface area contributed by atoms with Crippen molar-refractivity contribution in [3.8, 4) is 11.5 Å². The molecule has 0 atom stereocenters. The van der Waals surface area contributed by atoms with E-state index in [0.717, 1.165) is 12.1 Å². The molecule has 6 heteroatoms. The van der Waals surface area contributed by atoms with Crippen LogP contribution in [0, 0.1) is 0 Å². The van der Waals surface area contributed by atoms with Gasteiger partial charge in [-0.1, -0.05) is 12.1 Å². The second-order valence-corrected chi connectivity index (χ2v) is 4.84. The summed E-state index contributed by atoms with van der Waals surface area (Å²) in [6.07, 6.45) is 1.84. The van der Waals surface area contributed by atoms with Gasteiger partial charge in [-0.3, -0.25) is 4.79 Å². The van der Waals surface area contributed by atoms with Crippen molar-refractivity contribution in [2.45, 2.75) is 0 Å². The Kier molecular flexibility index (Phi) is 6.24. The largest absolute Gasteiger partial charge is 0.493 e. The normalized spacial score (nSPS) is 12.9. The van der Waals surface area contributed by atoms with Gasteiger partial charge in [0.1, 0.15) is 6.61 Å². The van der Waals surface area contributed by atoms with E-state index in [0.29, 0.717) is 36.8 Å². The van der Waals surface area contributed by atoms with Crippen LogP contribution in [0.25, 0.3) is 6.08 Å². The third-order valence-electron chi connectivity index (χ3n) is 3.29. The molecule has 0 aliphatic carbocycles. The molecule has 1 aliphatic heterocycles. The minimum Gasteiger partial charge on any atom is -0.493 e. The van der Waals surface area contributed by atoms with E-state index in [2.05, 4.69) is 10.6 Å². The van der Waals surface area contributed by atoms with E-state index in [-0.39, 0.29) is 12.5 Å². The van der Waals surface area contributed by atoms with E-state index in [1.165, 1.54) is 0 Å². The number of methoxy groups -OCH3 is 2. The Labute approximate surface area is 130 Å². The van der Waals surface area contributed by atoms with Crippen LogP contribution in [0.2, 0.25) is 0 Å². The second-order valence-electron chi connectivity index (χ2n) is 4.84. The van der Waals surface area contributed by atoms with Gasteiger partial charge in [0, 0.05) is 32.3 Å². The van der Waals surface area contributed by atoms with Gasteiger partial charge in [-0.05, 0) is 12.1 Å². The van der Waals surface area contributed by atoms with E-state index in [1.54, 1.807) is 14.2 Å². The first kappa shape index (κ1) is 16.3. The van der Waals surface area contributed by atoms with Crippen molar-refractivity contribution in [1.82, 2.24) is 10.6 Å². The van der Waals surface area contributed by atoms with Crippen molar-refractivity contribution < 1.29 is 19.0 Å². The average Bonchev–Trinajstić information content (AvgIpc) is 2.56. The Morgan fingerprint density at radius 2 is 2.14 bits per heavy atom. The second kappa shape index (κ2) is 8.41. The zero-order chi connectivity index (χ0) is 15.8. The number of hydrogen-bond acceptors (Lipinski definition) is 5. The minimum atomic E-state index is -0.109. The van der Waals surface area contributed by atoms with Crippen LogP contribution in [0.15, 0.2) is 23.8 Å². The summed E-state index contributed by atoms with van der Waals surface area (Å²) in [4.78, 5) is 12.1. The van der Waals surface area contributed by atoms with Gasteiger partial charge in [0.2, 0.25) is 0 Å². The lowest BCUT2D eigenvalue weighted by Gasteiger charge is -2.19. The summed E-state index contributed by atoms with van der Waals surface area (Å²) < 4.78 is 15.8. The maximum atomic E-state index is 12.1. The molecule has 1 amide bonds. The highest BCUT2D eigenvalue weighted by Gasteiger charge is 2.19. The summed E-state index contributed by atoms with van der Waals surface area (Å²) in [5.41, 5.74) is 1.46. The average molecular weight is 306 g/mol. The van der Waals surface area contributed by atoms with Crippen molar-refractivity contribution in [2.75, 3.05) is 47.1 Å². The molecule has 0 fully saturated rings. The molecule has 6 nitrogen and oxygen atoms in total. The van der Waals surface area contributed by atoms with Gasteiger partial charge in [-0.15, -0.1) is 0 Å². The Morgan fingerprint density at radius 3 is 2.91 bits per heavy atom. The highest BCUT2D eigenvalue weighted by molar-refractivity contribution is 5.99. The summed E-state index contributed by atoms with van der Waals surface area (Å²) in [5, 5.41) is 6.04. The van der Waals surface area contributed by atoms with Crippen LogP contribution in [0.5, 0.6) is 11.5 Å². The standard InChI is InChI=1S/C16H22N2O4/c1-20-9-8-17-6-7-18-16(19)13-10-12-4-3-5-14(21-2)15(12)22-11-13/h3-5,10,17H,6-9,11H2,1-2H3,(H,18,19). The number of benzene rings is 1. The fraction of sp³-hybridized carbons (Fsp3) is 0.438. The number of nitrogens with one attached hydrogen (secondary N) is 2. The molecule has 0 saturated heterocycles. The molecule has 120 valence electrons. The zero-order valence-corrected chi connectivity index (χ0v) is 13.0. The van der Waals surface area contributed by atoms with Gasteiger partial charge in [0.05, 0.1) is 19.3 Å². The van der Waals surface area contributed by atoms with Crippen LogP contribution >= 0.6 is 0 Å². The van der Waals surface area contributed by atoms with Gasteiger partial charge in [-0.25, -0.2) is 0 Å². The topological polar surface area (TPSA) is 68.8 Å². The SMILES string of the molecule is COCCNCCNC(=O)C1=Cc2cccc(OC)c2OC1. The molecule has 0 radical (unpaired) electrons. The molecule has 1 aromatic carbocycles. The minimum absolute atomic E-state index is 0.109. The van der Waals surface area contributed by atoms with Gasteiger partial charge < -0.3 is 24.8 Å². The lowest BCUT2D eigenvalue weighted by atomic mass is 10.1. The number of carbonyl (C=O) groups is 1. The van der Waals surface area contributed by atoms with Crippen molar-refractivity contribution >= 4 is 12.0 Å². The van der Waals surface area contributed by atoms with Crippen LogP contribution in [-0.2, 0) is 9.53 Å². The summed E-state index contributed by atoms with van der Waals surface area (Å²) >= 11 is 0. The summed E-state index contributed by atoms with van der Waals surface area (Å²) in [5.74, 6) is 1.25. The molecule has 0 saturated carbocycles. The van der Waals surface area contributed by atoms with E-state index in [9.17, 15) is 4.79 Å². The molecule has 0 bridgehead atoms. The monoisotopic (exact) mass is 306 g/mol. The van der Waals surface area contributed by atoms with Gasteiger partial charge in [-0.2, -0.15) is 0 Å². The quantitative estimate of drug-likeness (QED) is 0.696. The predicted octanol–water partition coefficient (Wildman–Crippen LogP) is 0.823. The van der Waals surface area contributed by atoms with Crippen molar-refractivity contribution in [3.05, 3.63) is 29.3 Å². The van der Waals surface area contributed by atoms with Crippen molar-refractivity contribution in [1.29, 1.82) is 0 Å². The molecular formula is C16H22N2O4. The number of amides is 1. The number of carbonyl (C=O) groups excluding carboxylic acids is 1. The summed E-state index contributed by atoms with van der Waals surface area (Å²) in [6, 6.07) is 5.61. The molecular weight excluding hydrogens is 284 g/mol. The van der Waals surface area contributed by atoms with Gasteiger partial charge in [0.15, 0.2) is 11.5 Å². The Bertz CT molecular complexity index is 543. The lowest BCUT2D eigenvalue weighted by molar-refractivity contribution is -0.117. The Hall–Kier alpha value is -2.05. The predicted molar refractivity (Wildman–Crippen MR) is 84.2 cm³/mol. The van der Waals surface area contributed by atoms with E-state index in [1.807, 2.05) is 24.3 Å². The number of ether oxygens (including phenoxy) is 3. The lowest BCUT2D eigenvalue weighted by Crippen LogP contribution is -2.35. The van der Waals surface area contributed by atoms with Crippen LogP contribution in [-0.4, -0.2) is 53.0 Å². The molecule has 22 heavy (non-hydrogen) atoms. The molecule has 2 N–H and O–H groups in total. The first-order chi connectivity index (χ1) is 10.8. The number of hydrogen-bond donors (Lipinski definition) is 2. The van der Waals surface area contributed by atoms with Crippen LogP contribution in [0.1, 0.15) is 5.56 Å². The number of fused-ring (bicyclic) bond motifs is 1. The highest BCUT2D eigenvalue weighted by Crippen LogP contribution is 2.35. The summed E-state index contributed by atoms with van der Waals surface area (Å²) in [6.45, 7) is 2.94. The molecule has 2 rings (SSSR count). The third kappa shape index (κ3) is 4.22. The van der Waals surface area contributed by atoms with E-state index in [4.69, 9.17) is 14.2 Å². The summed E-state index contributed by atoms with van der Waals surface area (Å²) in [7, 11) is 3.26. The highest BCUT2D eigenvalue weighted by atomic mass is 16.5. The molecule has 0 spiro atoms. The molecule has 1 aromatic rings. The number of para-hydroxylation sites is 1. The van der Waals surface area contributed by atoms with Crippen molar-refractivity contribution in [3.63, 3.8) is 0 Å². The fourth-order valence-electron chi connectivity index (χ4n) is 2.15. The van der Waals surface area contributed by atoms with Gasteiger partial charge in [0.25, 0.3) is 5.91 Å². The van der Waals surface area contributed by atoms with Crippen LogP contribution < -0.4 is 20.1 Å². The number of rotatable bonds is 8. The molecule has 0 aromatic heterocycles. The molecule has 1 aliphatic rings. The van der Waals surface area contributed by atoms with E-state index >= 15 is 0 Å². The molecule has 1 heterocycles. The first-order valence-corrected chi connectivity index (χ1v) is 7.24. The van der Waals surface area contributed by atoms with Gasteiger partial charge >= 0.3 is 0 Å². The maximum absolute atomic E-state index is 12.1. The first-order valence-electron chi connectivity index (χ1n) is 7.24. The molecule has 0 unspecified atom stereocenters. The van der Waals surface area contributed by atoms with Crippen molar-refractivity contribution in [2.24, 2.45) is 0 Å². The Balaban J connectivity index is 1.87. The Morgan fingerprint density at radius 1 is 1.27 bits per heavy atom. The van der Waals surface area contributed by atoms with Crippen LogP contribution in [0.4, 0.5) is 0 Å². The fourth-order valence-corrected chi connectivity index (χ4v) is 2.15. The zero-order valence-electron chi connectivity index (χ0n) is 13.0. The smallest absolute Gasteiger partial charge is 0.250 e. The van der Waals surface area contributed by atoms with Crippen LogP contribution in [0.3, 0.4) is 0 Å². The van der Waals surface area contributed by atoms with E-state index < -0.39 is 0 Å². The maximum Gasteiger partial charge on any atom is 0.250 e. The third-order valence-corrected chi connectivity index (χ3v) is 3.29.